The van der Waals surface area contributed by atoms with Gasteiger partial charge in [-0.05, 0) is 37.8 Å². The Morgan fingerprint density at radius 3 is 2.78 bits per heavy atom. The quantitative estimate of drug-likeness (QED) is 0.257. The summed E-state index contributed by atoms with van der Waals surface area (Å²) in [7, 11) is 0. The average Bonchev–Trinajstić information content (AvgIpc) is 3.33. The molecule has 2 atom stereocenters. The summed E-state index contributed by atoms with van der Waals surface area (Å²) in [6.45, 7) is 3.99. The Kier molecular flexibility index (Phi) is 7.20. The van der Waals surface area contributed by atoms with E-state index in [1.165, 1.54) is 6.08 Å². The highest BCUT2D eigenvalue weighted by atomic mass is 35.5. The minimum Gasteiger partial charge on any atom is -0.360 e. The highest BCUT2D eigenvalue weighted by Gasteiger charge is 2.23. The van der Waals surface area contributed by atoms with Gasteiger partial charge in [0.1, 0.15) is 5.82 Å². The second kappa shape index (κ2) is 10.8. The zero-order chi connectivity index (χ0) is 24.9. The van der Waals surface area contributed by atoms with Gasteiger partial charge in [-0.25, -0.2) is 19.9 Å². The first-order valence-corrected chi connectivity index (χ1v) is 12.3. The van der Waals surface area contributed by atoms with Gasteiger partial charge in [0.25, 0.3) is 0 Å². The predicted octanol–water partition coefficient (Wildman–Crippen LogP) is 4.71. The van der Waals surface area contributed by atoms with Crippen LogP contribution in [0.5, 0.6) is 0 Å². The van der Waals surface area contributed by atoms with E-state index in [9.17, 15) is 4.79 Å². The fourth-order valence-corrected chi connectivity index (χ4v) is 4.71. The molecule has 0 saturated heterocycles. The number of aromatic amines is 1. The lowest BCUT2D eigenvalue weighted by molar-refractivity contribution is -0.111. The number of carbonyl (C=O) groups is 1. The van der Waals surface area contributed by atoms with Crippen molar-refractivity contribution < 1.29 is 4.79 Å². The molecule has 1 aliphatic carbocycles. The number of H-pyrrole nitrogens is 1. The maximum absolute atomic E-state index is 11.4. The number of nitrogens with zero attached hydrogens (tertiary/aromatic N) is 4. The molecule has 1 saturated carbocycles. The van der Waals surface area contributed by atoms with Crippen molar-refractivity contribution in [3.63, 3.8) is 0 Å². The van der Waals surface area contributed by atoms with E-state index >= 15 is 0 Å². The molecule has 0 radical (unpaired) electrons. The van der Waals surface area contributed by atoms with E-state index in [-0.39, 0.29) is 11.9 Å². The molecule has 4 N–H and O–H groups in total. The number of anilines is 2. The largest absolute Gasteiger partial charge is 0.360 e. The van der Waals surface area contributed by atoms with Crippen LogP contribution in [0.2, 0.25) is 5.02 Å². The van der Waals surface area contributed by atoms with E-state index in [0.29, 0.717) is 40.8 Å². The molecule has 3 aromatic heterocycles. The lowest BCUT2D eigenvalue weighted by atomic mass is 9.91. The van der Waals surface area contributed by atoms with E-state index in [1.54, 1.807) is 18.6 Å². The normalized spacial score (nSPS) is 17.6. The van der Waals surface area contributed by atoms with Crippen LogP contribution in [0.15, 0.2) is 61.7 Å². The number of aromatic nitrogens is 5. The summed E-state index contributed by atoms with van der Waals surface area (Å²) in [4.78, 5) is 32.5. The summed E-state index contributed by atoms with van der Waals surface area (Å²) < 4.78 is 0. The number of carbonyl (C=O) groups excluding carboxylic acids is 1. The third kappa shape index (κ3) is 5.53. The second-order valence-electron chi connectivity index (χ2n) is 8.81. The van der Waals surface area contributed by atoms with Crippen molar-refractivity contribution in [1.82, 2.24) is 30.2 Å². The van der Waals surface area contributed by atoms with Gasteiger partial charge in [-0.1, -0.05) is 36.4 Å². The number of halogens is 1. The van der Waals surface area contributed by atoms with Crippen molar-refractivity contribution in [3.8, 4) is 11.3 Å². The Bertz CT molecular complexity index is 1370. The molecule has 5 rings (SSSR count). The minimum atomic E-state index is -0.288. The fraction of sp³-hybridized carbons (Fsp3) is 0.269. The van der Waals surface area contributed by atoms with Crippen LogP contribution in [-0.2, 0) is 11.3 Å². The van der Waals surface area contributed by atoms with Crippen molar-refractivity contribution >= 4 is 40.0 Å². The van der Waals surface area contributed by atoms with Crippen molar-refractivity contribution in [2.75, 3.05) is 10.6 Å². The maximum atomic E-state index is 11.4. The second-order valence-corrected chi connectivity index (χ2v) is 9.21. The summed E-state index contributed by atoms with van der Waals surface area (Å²) in [5.74, 6) is 0.959. The van der Waals surface area contributed by atoms with E-state index < -0.39 is 0 Å². The Balaban J connectivity index is 1.20. The summed E-state index contributed by atoms with van der Waals surface area (Å²) in [5.41, 5.74) is 3.25. The number of hydrogen-bond acceptors (Lipinski definition) is 7. The van der Waals surface area contributed by atoms with E-state index in [0.717, 1.165) is 42.1 Å². The predicted molar refractivity (Wildman–Crippen MR) is 142 cm³/mol. The molecule has 184 valence electrons. The summed E-state index contributed by atoms with van der Waals surface area (Å²) in [5, 5.41) is 11.3. The van der Waals surface area contributed by atoms with Gasteiger partial charge in [0.05, 0.1) is 41.5 Å². The third-order valence-electron chi connectivity index (χ3n) is 6.30. The molecule has 4 aromatic rings. The number of nitrogens with one attached hydrogen (secondary N) is 4. The number of fused-ring (bicyclic) bond motifs is 1. The van der Waals surface area contributed by atoms with Gasteiger partial charge in [0.2, 0.25) is 11.9 Å². The van der Waals surface area contributed by atoms with Gasteiger partial charge in [-0.3, -0.25) is 4.79 Å². The van der Waals surface area contributed by atoms with E-state index in [1.807, 2.05) is 24.4 Å². The molecule has 1 fully saturated rings. The van der Waals surface area contributed by atoms with Gasteiger partial charge in [0.15, 0.2) is 0 Å². The number of amides is 1. The maximum Gasteiger partial charge on any atom is 0.247 e. The summed E-state index contributed by atoms with van der Waals surface area (Å²) in [6, 6.07) is 8.64. The first-order valence-electron chi connectivity index (χ1n) is 11.9. The minimum absolute atomic E-state index is 0.241. The van der Waals surface area contributed by atoms with Gasteiger partial charge in [-0.2, -0.15) is 0 Å². The van der Waals surface area contributed by atoms with Crippen LogP contribution in [0.1, 0.15) is 31.5 Å². The molecule has 0 aliphatic heterocycles. The highest BCUT2D eigenvalue weighted by molar-refractivity contribution is 6.33. The molecule has 10 heteroatoms. The number of hydrogen-bond donors (Lipinski definition) is 4. The fourth-order valence-electron chi connectivity index (χ4n) is 4.52. The van der Waals surface area contributed by atoms with E-state index in [4.69, 9.17) is 16.6 Å². The Morgan fingerprint density at radius 1 is 1.14 bits per heavy atom. The molecule has 0 spiro atoms. The number of para-hydroxylation sites is 1. The molecule has 1 aromatic carbocycles. The smallest absolute Gasteiger partial charge is 0.247 e. The third-order valence-corrected chi connectivity index (χ3v) is 6.58. The molecule has 3 heterocycles. The van der Waals surface area contributed by atoms with E-state index in [2.05, 4.69) is 48.5 Å². The lowest BCUT2D eigenvalue weighted by Crippen LogP contribution is -2.39. The molecular formula is C26H27ClN8O. The molecule has 1 amide bonds. The Hall–Kier alpha value is -3.82. The molecule has 0 bridgehead atoms. The van der Waals surface area contributed by atoms with Gasteiger partial charge in [-0.15, -0.1) is 0 Å². The van der Waals surface area contributed by atoms with Crippen LogP contribution < -0.4 is 16.0 Å². The average molecular weight is 503 g/mol. The van der Waals surface area contributed by atoms with Crippen molar-refractivity contribution in [2.24, 2.45) is 0 Å². The number of rotatable bonds is 8. The molecule has 36 heavy (non-hydrogen) atoms. The topological polar surface area (TPSA) is 121 Å². The number of benzene rings is 1. The summed E-state index contributed by atoms with van der Waals surface area (Å²) >= 11 is 6.48. The molecule has 1 aliphatic rings. The van der Waals surface area contributed by atoms with Gasteiger partial charge < -0.3 is 20.9 Å². The Morgan fingerprint density at radius 2 is 1.94 bits per heavy atom. The molecule has 0 unspecified atom stereocenters. The van der Waals surface area contributed by atoms with Crippen molar-refractivity contribution in [2.45, 2.75) is 44.3 Å². The lowest BCUT2D eigenvalue weighted by Gasteiger charge is -2.30. The first-order chi connectivity index (χ1) is 17.6. The van der Waals surface area contributed by atoms with Crippen LogP contribution in [0.4, 0.5) is 11.6 Å². The van der Waals surface area contributed by atoms with Crippen molar-refractivity contribution in [1.29, 1.82) is 0 Å². The van der Waals surface area contributed by atoms with Crippen LogP contribution >= 0.6 is 11.6 Å². The zero-order valence-corrected chi connectivity index (χ0v) is 20.4. The highest BCUT2D eigenvalue weighted by Crippen LogP contribution is 2.32. The van der Waals surface area contributed by atoms with Crippen LogP contribution in [0.3, 0.4) is 0 Å². The zero-order valence-electron chi connectivity index (χ0n) is 19.7. The standard InChI is InChI=1S/C26H27ClN8O/c1-2-24(36)33-18-11-30-23(31-12-18)15-28-16-6-5-7-17(10-16)34-26-32-14-21(27)25(35-26)20-13-29-22-9-4-3-8-19(20)22/h2-4,8-9,11-14,16-17,28-29H,1,5-7,10,15H2,(H,33,36)(H,32,34,35)/t16-,17+/m0/s1. The monoisotopic (exact) mass is 502 g/mol. The van der Waals surface area contributed by atoms with Crippen LogP contribution in [0.25, 0.3) is 22.2 Å². The van der Waals surface area contributed by atoms with Crippen LogP contribution in [0, 0.1) is 0 Å². The summed E-state index contributed by atoms with van der Waals surface area (Å²) in [6.07, 6.45) is 12.1. The Labute approximate surface area is 213 Å². The van der Waals surface area contributed by atoms with Crippen molar-refractivity contribution in [3.05, 3.63) is 72.6 Å². The van der Waals surface area contributed by atoms with Gasteiger partial charge in [0, 0.05) is 34.7 Å². The van der Waals surface area contributed by atoms with Crippen LogP contribution in [-0.4, -0.2) is 42.9 Å². The molecular weight excluding hydrogens is 476 g/mol. The molecule has 9 nitrogen and oxygen atoms in total. The SMILES string of the molecule is C=CC(=O)Nc1cnc(CN[C@H]2CCC[C@@H](Nc3ncc(Cl)c(-c4c[nH]c5ccccc45)n3)C2)nc1. The van der Waals surface area contributed by atoms with Gasteiger partial charge >= 0.3 is 0 Å². The first kappa shape index (κ1) is 23.9.